The minimum atomic E-state index is -2.77. The molecule has 1 aromatic heterocycles. The normalized spacial score (nSPS) is 21.8. The van der Waals surface area contributed by atoms with E-state index in [9.17, 15) is 18.7 Å². The number of amides is 1. The van der Waals surface area contributed by atoms with Crippen LogP contribution < -0.4 is 11.1 Å². The number of alkyl halides is 2. The summed E-state index contributed by atoms with van der Waals surface area (Å²) in [6.45, 7) is 1.79. The van der Waals surface area contributed by atoms with Crippen LogP contribution in [0.5, 0.6) is 0 Å². The molecule has 1 aliphatic rings. The summed E-state index contributed by atoms with van der Waals surface area (Å²) in [5.41, 5.74) is 7.14. The summed E-state index contributed by atoms with van der Waals surface area (Å²) >= 11 is 0. The van der Waals surface area contributed by atoms with Gasteiger partial charge in [-0.15, -0.1) is 0 Å². The Morgan fingerprint density at radius 2 is 2.00 bits per heavy atom. The van der Waals surface area contributed by atoms with Crippen molar-refractivity contribution >= 4 is 11.7 Å². The average Bonchev–Trinajstić information content (AvgIpc) is 2.64. The number of hydrogen-bond acceptors (Lipinski definition) is 5. The van der Waals surface area contributed by atoms with E-state index in [1.165, 1.54) is 6.20 Å². The van der Waals surface area contributed by atoms with Crippen LogP contribution in [0.4, 0.5) is 14.6 Å². The zero-order valence-electron chi connectivity index (χ0n) is 14.8. The SMILES string of the molecule is C[C@@H](NC(O)N1C(=O)[C@H](Cc2ccnc(N)c2)[C@H]1C(F)F)c1ccccc1. The maximum atomic E-state index is 13.6. The van der Waals surface area contributed by atoms with Crippen LogP contribution >= 0.6 is 0 Å². The third-order valence-electron chi connectivity index (χ3n) is 4.83. The summed E-state index contributed by atoms with van der Waals surface area (Å²) in [6, 6.07) is 10.8. The number of aliphatic hydroxyl groups is 1. The smallest absolute Gasteiger partial charge is 0.259 e. The molecule has 1 unspecified atom stereocenters. The van der Waals surface area contributed by atoms with Gasteiger partial charge in [0.1, 0.15) is 11.9 Å². The molecule has 4 atom stereocenters. The molecule has 27 heavy (non-hydrogen) atoms. The van der Waals surface area contributed by atoms with Crippen LogP contribution in [0.1, 0.15) is 24.1 Å². The van der Waals surface area contributed by atoms with E-state index in [0.29, 0.717) is 5.56 Å². The zero-order valence-corrected chi connectivity index (χ0v) is 14.8. The molecule has 6 nitrogen and oxygen atoms in total. The van der Waals surface area contributed by atoms with Crippen LogP contribution in [0.15, 0.2) is 48.7 Å². The van der Waals surface area contributed by atoms with Crippen molar-refractivity contribution in [3.63, 3.8) is 0 Å². The molecule has 1 amide bonds. The standard InChI is InChI=1S/C19H22F2N4O2/c1-11(13-5-3-2-4-6-13)24-19(27)25-16(17(20)21)14(18(25)26)9-12-7-8-23-15(22)10-12/h2-8,10-11,14,16-17,19,24,27H,9H2,1H3,(H2,22,23)/t11-,14-,16+,19?/m1/s1. The Labute approximate surface area is 156 Å². The highest BCUT2D eigenvalue weighted by Gasteiger charge is 2.54. The van der Waals surface area contributed by atoms with Gasteiger partial charge in [0.25, 0.3) is 6.43 Å². The molecule has 0 saturated carbocycles. The van der Waals surface area contributed by atoms with Gasteiger partial charge in [-0.25, -0.2) is 13.8 Å². The van der Waals surface area contributed by atoms with Crippen LogP contribution in [0.2, 0.25) is 0 Å². The molecule has 0 aliphatic carbocycles. The second-order valence-electron chi connectivity index (χ2n) is 6.64. The van der Waals surface area contributed by atoms with Gasteiger partial charge < -0.3 is 10.8 Å². The van der Waals surface area contributed by atoms with E-state index in [2.05, 4.69) is 10.3 Å². The third kappa shape index (κ3) is 4.06. The largest absolute Gasteiger partial charge is 0.384 e. The van der Waals surface area contributed by atoms with E-state index in [4.69, 9.17) is 5.73 Å². The van der Waals surface area contributed by atoms with Crippen LogP contribution in [-0.2, 0) is 11.2 Å². The van der Waals surface area contributed by atoms with E-state index >= 15 is 0 Å². The number of carbonyl (C=O) groups is 1. The average molecular weight is 376 g/mol. The number of anilines is 1. The minimum Gasteiger partial charge on any atom is -0.384 e. The maximum absolute atomic E-state index is 13.6. The van der Waals surface area contributed by atoms with Crippen molar-refractivity contribution in [2.75, 3.05) is 5.73 Å². The van der Waals surface area contributed by atoms with Gasteiger partial charge in [0.2, 0.25) is 5.91 Å². The predicted molar refractivity (Wildman–Crippen MR) is 96.5 cm³/mol. The Morgan fingerprint density at radius 3 is 2.63 bits per heavy atom. The third-order valence-corrected chi connectivity index (χ3v) is 4.83. The molecule has 2 heterocycles. The van der Waals surface area contributed by atoms with E-state index in [0.717, 1.165) is 10.5 Å². The fraction of sp³-hybridized carbons (Fsp3) is 0.368. The monoisotopic (exact) mass is 376 g/mol. The quantitative estimate of drug-likeness (QED) is 0.507. The van der Waals surface area contributed by atoms with Crippen LogP contribution in [0.25, 0.3) is 0 Å². The Morgan fingerprint density at radius 1 is 1.30 bits per heavy atom. The van der Waals surface area contributed by atoms with Crippen molar-refractivity contribution in [1.82, 2.24) is 15.2 Å². The topological polar surface area (TPSA) is 91.5 Å². The van der Waals surface area contributed by atoms with Gasteiger partial charge in [-0.2, -0.15) is 0 Å². The number of nitrogens with two attached hydrogens (primary N) is 1. The summed E-state index contributed by atoms with van der Waals surface area (Å²) in [7, 11) is 0. The first-order chi connectivity index (χ1) is 12.9. The molecular weight excluding hydrogens is 354 g/mol. The van der Waals surface area contributed by atoms with Crippen LogP contribution in [0, 0.1) is 5.92 Å². The fourth-order valence-corrected chi connectivity index (χ4v) is 3.40. The second-order valence-corrected chi connectivity index (χ2v) is 6.64. The summed E-state index contributed by atoms with van der Waals surface area (Å²) < 4.78 is 27.2. The lowest BCUT2D eigenvalue weighted by Gasteiger charge is -2.49. The van der Waals surface area contributed by atoms with Crippen molar-refractivity contribution in [3.8, 4) is 0 Å². The summed E-state index contributed by atoms with van der Waals surface area (Å²) in [4.78, 5) is 17.1. The van der Waals surface area contributed by atoms with Crippen molar-refractivity contribution in [2.24, 2.45) is 5.92 Å². The molecular formula is C19H22F2N4O2. The number of halogens is 2. The molecule has 2 aromatic rings. The number of aromatic nitrogens is 1. The summed E-state index contributed by atoms with van der Waals surface area (Å²) in [5.74, 6) is -1.16. The Bertz CT molecular complexity index is 790. The van der Waals surface area contributed by atoms with E-state index < -0.39 is 30.6 Å². The Balaban J connectivity index is 1.69. The van der Waals surface area contributed by atoms with Gasteiger partial charge >= 0.3 is 0 Å². The zero-order chi connectivity index (χ0) is 19.6. The number of hydrogen-bond donors (Lipinski definition) is 3. The second kappa shape index (κ2) is 7.98. The first-order valence-corrected chi connectivity index (χ1v) is 8.68. The first kappa shape index (κ1) is 19.2. The number of carbonyl (C=O) groups excluding carboxylic acids is 1. The molecule has 1 aromatic carbocycles. The van der Waals surface area contributed by atoms with Crippen molar-refractivity contribution in [3.05, 3.63) is 59.8 Å². The van der Waals surface area contributed by atoms with E-state index in [1.807, 2.05) is 30.3 Å². The molecule has 3 rings (SSSR count). The predicted octanol–water partition coefficient (Wildman–Crippen LogP) is 1.93. The highest BCUT2D eigenvalue weighted by molar-refractivity contribution is 5.86. The van der Waals surface area contributed by atoms with Gasteiger partial charge in [0, 0.05) is 12.2 Å². The molecule has 0 radical (unpaired) electrons. The molecule has 0 bridgehead atoms. The highest BCUT2D eigenvalue weighted by atomic mass is 19.3. The lowest BCUT2D eigenvalue weighted by molar-refractivity contribution is -0.195. The van der Waals surface area contributed by atoms with Gasteiger partial charge in [0.05, 0.1) is 5.92 Å². The molecule has 4 N–H and O–H groups in total. The van der Waals surface area contributed by atoms with E-state index in [-0.39, 0.29) is 18.3 Å². The molecule has 144 valence electrons. The van der Waals surface area contributed by atoms with Gasteiger partial charge in [-0.05, 0) is 36.6 Å². The highest BCUT2D eigenvalue weighted by Crippen LogP contribution is 2.35. The van der Waals surface area contributed by atoms with Gasteiger partial charge in [0.15, 0.2) is 6.35 Å². The minimum absolute atomic E-state index is 0.123. The molecule has 1 aliphatic heterocycles. The number of nitrogen functional groups attached to an aromatic ring is 1. The number of benzene rings is 1. The van der Waals surface area contributed by atoms with Crippen molar-refractivity contribution in [1.29, 1.82) is 0 Å². The number of pyridine rings is 1. The number of β-lactam (4-membered cyclic amide) rings is 1. The van der Waals surface area contributed by atoms with E-state index in [1.54, 1.807) is 19.1 Å². The number of nitrogens with zero attached hydrogens (tertiary/aromatic N) is 2. The Hall–Kier alpha value is -2.58. The number of likely N-dealkylation sites (tertiary alicyclic amines) is 1. The lowest BCUT2D eigenvalue weighted by atomic mass is 9.82. The maximum Gasteiger partial charge on any atom is 0.259 e. The van der Waals surface area contributed by atoms with Crippen molar-refractivity contribution < 1.29 is 18.7 Å². The summed E-state index contributed by atoms with van der Waals surface area (Å²) in [5, 5.41) is 13.2. The Kier molecular flexibility index (Phi) is 5.67. The molecule has 1 fully saturated rings. The summed E-state index contributed by atoms with van der Waals surface area (Å²) in [6.07, 6.45) is -2.67. The number of nitrogens with one attached hydrogen (secondary N) is 1. The first-order valence-electron chi connectivity index (χ1n) is 8.68. The van der Waals surface area contributed by atoms with Gasteiger partial charge in [-0.1, -0.05) is 30.3 Å². The molecule has 1 saturated heterocycles. The number of aliphatic hydroxyl groups excluding tert-OH is 1. The van der Waals surface area contributed by atoms with Crippen molar-refractivity contribution in [2.45, 2.75) is 38.2 Å². The van der Waals surface area contributed by atoms with Crippen LogP contribution in [0.3, 0.4) is 0 Å². The number of rotatable bonds is 7. The lowest BCUT2D eigenvalue weighted by Crippen LogP contribution is -2.70. The molecule has 0 spiro atoms. The fourth-order valence-electron chi connectivity index (χ4n) is 3.40. The van der Waals surface area contributed by atoms with Crippen LogP contribution in [-0.4, -0.2) is 39.7 Å². The molecule has 8 heteroatoms. The van der Waals surface area contributed by atoms with Gasteiger partial charge in [-0.3, -0.25) is 15.0 Å².